The summed E-state index contributed by atoms with van der Waals surface area (Å²) in [5, 5.41) is 2.14. The van der Waals surface area contributed by atoms with E-state index in [0.717, 1.165) is 32.7 Å². The molecule has 0 radical (unpaired) electrons. The molecular formula is C16H24N2O2S. The van der Waals surface area contributed by atoms with E-state index in [1.54, 1.807) is 19.0 Å². The largest absolute Gasteiger partial charge is 0.368 e. The minimum Gasteiger partial charge on any atom is -0.368 e. The number of carbonyl (C=O) groups excluding carboxylic acids is 1. The monoisotopic (exact) mass is 308 g/mol. The average Bonchev–Trinajstić information content (AvgIpc) is 3.09. The number of piperidine rings is 1. The van der Waals surface area contributed by atoms with Crippen molar-refractivity contribution >= 4 is 17.2 Å². The molecule has 0 aliphatic carbocycles. The van der Waals surface area contributed by atoms with Crippen molar-refractivity contribution in [3.63, 3.8) is 0 Å². The minimum atomic E-state index is -0.235. The molecule has 1 amide bonds. The van der Waals surface area contributed by atoms with Crippen molar-refractivity contribution in [2.24, 2.45) is 5.41 Å². The van der Waals surface area contributed by atoms with E-state index in [0.29, 0.717) is 0 Å². The van der Waals surface area contributed by atoms with Gasteiger partial charge in [0.05, 0.1) is 6.61 Å². The lowest BCUT2D eigenvalue weighted by molar-refractivity contribution is -0.138. The highest BCUT2D eigenvalue weighted by atomic mass is 32.1. The van der Waals surface area contributed by atoms with E-state index in [-0.39, 0.29) is 17.4 Å². The molecule has 1 aromatic rings. The van der Waals surface area contributed by atoms with Crippen LogP contribution in [-0.4, -0.2) is 55.6 Å². The van der Waals surface area contributed by atoms with Crippen LogP contribution in [0.4, 0.5) is 0 Å². The zero-order chi connectivity index (χ0) is 14.9. The molecule has 2 saturated heterocycles. The van der Waals surface area contributed by atoms with Gasteiger partial charge in [-0.05, 0) is 37.3 Å². The Kier molecular flexibility index (Phi) is 4.33. The van der Waals surface area contributed by atoms with Crippen molar-refractivity contribution in [3.8, 4) is 0 Å². The van der Waals surface area contributed by atoms with Gasteiger partial charge in [0, 0.05) is 37.5 Å². The van der Waals surface area contributed by atoms with Gasteiger partial charge in [-0.3, -0.25) is 9.69 Å². The van der Waals surface area contributed by atoms with Crippen LogP contribution in [0.1, 0.15) is 24.1 Å². The van der Waals surface area contributed by atoms with E-state index in [2.05, 4.69) is 22.4 Å². The summed E-state index contributed by atoms with van der Waals surface area (Å²) >= 11 is 1.82. The molecular weight excluding hydrogens is 284 g/mol. The van der Waals surface area contributed by atoms with Gasteiger partial charge in [0.25, 0.3) is 5.91 Å². The van der Waals surface area contributed by atoms with Gasteiger partial charge in [-0.25, -0.2) is 0 Å². The molecule has 3 rings (SSSR count). The molecule has 3 heterocycles. The standard InChI is InChI=1S/C16H24N2O2S/c1-17(2)15(19)14-9-16(12-20-14)6-4-7-18(11-16)10-13-5-3-8-21-13/h3,5,8,14H,4,6-7,9-12H2,1-2H3. The number of hydrogen-bond donors (Lipinski definition) is 0. The summed E-state index contributed by atoms with van der Waals surface area (Å²) in [6.07, 6.45) is 3.04. The van der Waals surface area contributed by atoms with E-state index in [4.69, 9.17) is 4.74 Å². The van der Waals surface area contributed by atoms with Crippen molar-refractivity contribution in [1.29, 1.82) is 0 Å². The van der Waals surface area contributed by atoms with Crippen LogP contribution in [0.5, 0.6) is 0 Å². The maximum atomic E-state index is 12.1. The number of amides is 1. The van der Waals surface area contributed by atoms with Crippen molar-refractivity contribution in [3.05, 3.63) is 22.4 Å². The minimum absolute atomic E-state index is 0.113. The Hall–Kier alpha value is -0.910. The van der Waals surface area contributed by atoms with Gasteiger partial charge in [-0.15, -0.1) is 11.3 Å². The molecule has 5 heteroatoms. The number of carbonyl (C=O) groups is 1. The molecule has 2 fully saturated rings. The lowest BCUT2D eigenvalue weighted by Gasteiger charge is -2.39. The van der Waals surface area contributed by atoms with Crippen LogP contribution in [0.15, 0.2) is 17.5 Å². The summed E-state index contributed by atoms with van der Waals surface area (Å²) in [5.74, 6) is 0.113. The first-order valence-corrected chi connectivity index (χ1v) is 8.53. The second kappa shape index (κ2) is 6.07. The van der Waals surface area contributed by atoms with E-state index in [9.17, 15) is 4.79 Å². The topological polar surface area (TPSA) is 32.8 Å². The summed E-state index contributed by atoms with van der Waals surface area (Å²) in [4.78, 5) is 17.7. The Morgan fingerprint density at radius 2 is 2.43 bits per heavy atom. The molecule has 4 nitrogen and oxygen atoms in total. The van der Waals surface area contributed by atoms with Crippen LogP contribution >= 0.6 is 11.3 Å². The van der Waals surface area contributed by atoms with Gasteiger partial charge < -0.3 is 9.64 Å². The van der Waals surface area contributed by atoms with Crippen molar-refractivity contribution < 1.29 is 9.53 Å². The van der Waals surface area contributed by atoms with Gasteiger partial charge in [0.2, 0.25) is 0 Å². The van der Waals surface area contributed by atoms with Crippen molar-refractivity contribution in [2.75, 3.05) is 33.8 Å². The molecule has 116 valence electrons. The zero-order valence-corrected chi connectivity index (χ0v) is 13.7. The number of hydrogen-bond acceptors (Lipinski definition) is 4. The second-order valence-corrected chi connectivity index (χ2v) is 7.66. The second-order valence-electron chi connectivity index (χ2n) is 6.63. The maximum Gasteiger partial charge on any atom is 0.251 e. The van der Waals surface area contributed by atoms with Crippen molar-refractivity contribution in [1.82, 2.24) is 9.80 Å². The summed E-state index contributed by atoms with van der Waals surface area (Å²) in [6, 6.07) is 4.32. The molecule has 21 heavy (non-hydrogen) atoms. The third-order valence-electron chi connectivity index (χ3n) is 4.63. The molecule has 0 N–H and O–H groups in total. The quantitative estimate of drug-likeness (QED) is 0.858. The van der Waals surface area contributed by atoms with Gasteiger partial charge in [0.15, 0.2) is 0 Å². The number of ether oxygens (including phenoxy) is 1. The maximum absolute atomic E-state index is 12.1. The lowest BCUT2D eigenvalue weighted by Crippen LogP contribution is -2.43. The Bertz CT molecular complexity index is 488. The fraction of sp³-hybridized carbons (Fsp3) is 0.688. The Labute approximate surface area is 130 Å². The SMILES string of the molecule is CN(C)C(=O)C1CC2(CCCN(Cc3cccs3)C2)CO1. The summed E-state index contributed by atoms with van der Waals surface area (Å²) in [6.45, 7) is 3.98. The molecule has 0 aromatic carbocycles. The van der Waals surface area contributed by atoms with E-state index < -0.39 is 0 Å². The predicted molar refractivity (Wildman–Crippen MR) is 84.3 cm³/mol. The van der Waals surface area contributed by atoms with Crippen LogP contribution in [0.25, 0.3) is 0 Å². The van der Waals surface area contributed by atoms with Crippen LogP contribution in [0.2, 0.25) is 0 Å². The lowest BCUT2D eigenvalue weighted by atomic mass is 9.78. The first-order valence-electron chi connectivity index (χ1n) is 7.66. The Morgan fingerprint density at radius 3 is 3.14 bits per heavy atom. The third-order valence-corrected chi connectivity index (χ3v) is 5.49. The highest BCUT2D eigenvalue weighted by Crippen LogP contribution is 2.41. The summed E-state index contributed by atoms with van der Waals surface area (Å²) < 4.78 is 5.84. The molecule has 1 spiro atoms. The average molecular weight is 308 g/mol. The zero-order valence-electron chi connectivity index (χ0n) is 12.9. The number of thiophene rings is 1. The van der Waals surface area contributed by atoms with E-state index in [1.807, 2.05) is 11.3 Å². The molecule has 2 unspecified atom stereocenters. The fourth-order valence-electron chi connectivity index (χ4n) is 3.59. The summed E-state index contributed by atoms with van der Waals surface area (Å²) in [7, 11) is 3.61. The van der Waals surface area contributed by atoms with Crippen LogP contribution in [-0.2, 0) is 16.1 Å². The van der Waals surface area contributed by atoms with Crippen molar-refractivity contribution in [2.45, 2.75) is 31.9 Å². The first-order chi connectivity index (χ1) is 10.1. The molecule has 0 bridgehead atoms. The van der Waals surface area contributed by atoms with Crippen LogP contribution in [0.3, 0.4) is 0 Å². The summed E-state index contributed by atoms with van der Waals surface area (Å²) in [5.41, 5.74) is 0.186. The molecule has 2 aliphatic heterocycles. The van der Waals surface area contributed by atoms with Crippen LogP contribution in [0, 0.1) is 5.41 Å². The smallest absolute Gasteiger partial charge is 0.251 e. The number of likely N-dealkylation sites (tertiary alicyclic amines) is 1. The molecule has 0 saturated carbocycles. The molecule has 2 aliphatic rings. The number of nitrogens with zero attached hydrogens (tertiary/aromatic N) is 2. The predicted octanol–water partition coefficient (Wildman–Crippen LogP) is 2.21. The number of rotatable bonds is 3. The van der Waals surface area contributed by atoms with Gasteiger partial charge in [-0.2, -0.15) is 0 Å². The van der Waals surface area contributed by atoms with E-state index in [1.165, 1.54) is 17.7 Å². The van der Waals surface area contributed by atoms with Gasteiger partial charge in [-0.1, -0.05) is 6.07 Å². The fourth-order valence-corrected chi connectivity index (χ4v) is 4.33. The third kappa shape index (κ3) is 3.30. The normalized spacial score (nSPS) is 29.9. The molecule has 2 atom stereocenters. The molecule has 1 aromatic heterocycles. The highest BCUT2D eigenvalue weighted by molar-refractivity contribution is 7.09. The van der Waals surface area contributed by atoms with Gasteiger partial charge >= 0.3 is 0 Å². The van der Waals surface area contributed by atoms with Crippen LogP contribution < -0.4 is 0 Å². The Morgan fingerprint density at radius 1 is 1.57 bits per heavy atom. The highest BCUT2D eigenvalue weighted by Gasteiger charge is 2.45. The first kappa shape index (κ1) is 15.0. The van der Waals surface area contributed by atoms with E-state index >= 15 is 0 Å². The number of likely N-dealkylation sites (N-methyl/N-ethyl adjacent to an activating group) is 1. The van der Waals surface area contributed by atoms with Gasteiger partial charge in [0.1, 0.15) is 6.10 Å². The Balaban J connectivity index is 1.62.